The van der Waals surface area contributed by atoms with Crippen LogP contribution in [0, 0.1) is 0 Å². The fourth-order valence-corrected chi connectivity index (χ4v) is 3.77. The average Bonchev–Trinajstić information content (AvgIpc) is 2.84. The Labute approximate surface area is 187 Å². The summed E-state index contributed by atoms with van der Waals surface area (Å²) in [6, 6.07) is 11.4. The zero-order valence-corrected chi connectivity index (χ0v) is 18.5. The summed E-state index contributed by atoms with van der Waals surface area (Å²) in [6.45, 7) is 3.16. The number of pyridine rings is 1. The maximum atomic E-state index is 12.7. The first-order valence-electron chi connectivity index (χ1n) is 10.8. The first-order valence-corrected chi connectivity index (χ1v) is 10.8. The molecule has 1 fully saturated rings. The van der Waals surface area contributed by atoms with E-state index in [0.717, 1.165) is 29.7 Å². The van der Waals surface area contributed by atoms with Crippen molar-refractivity contribution in [3.05, 3.63) is 64.7 Å². The van der Waals surface area contributed by atoms with Crippen molar-refractivity contribution in [1.82, 2.24) is 14.5 Å². The largest absolute Gasteiger partial charge is 0.496 e. The first-order chi connectivity index (χ1) is 15.7. The summed E-state index contributed by atoms with van der Waals surface area (Å²) < 4.78 is 18.5. The van der Waals surface area contributed by atoms with Crippen LogP contribution in [0.3, 0.4) is 0 Å². The maximum Gasteiger partial charge on any atom is 0.255 e. The standard InChI is InChI=1S/C24H28N4O4/c1-27-23(29)16-20(26-24(27)28-11-14-31-15-12-28)19-9-10-25-17-22(19)32-13-5-7-18-6-3-4-8-21(18)30-2/h3-4,6,8-10,16-17H,5,7,11-15H2,1-2H3. The number of nitrogens with zero attached hydrogens (tertiary/aromatic N) is 4. The molecule has 168 valence electrons. The summed E-state index contributed by atoms with van der Waals surface area (Å²) >= 11 is 0. The second-order valence-corrected chi connectivity index (χ2v) is 7.57. The summed E-state index contributed by atoms with van der Waals surface area (Å²) in [5.74, 6) is 2.13. The minimum atomic E-state index is -0.115. The highest BCUT2D eigenvalue weighted by Crippen LogP contribution is 2.28. The van der Waals surface area contributed by atoms with Gasteiger partial charge in [-0.3, -0.25) is 14.3 Å². The van der Waals surface area contributed by atoms with Crippen LogP contribution < -0.4 is 19.9 Å². The van der Waals surface area contributed by atoms with Gasteiger partial charge in [0.1, 0.15) is 11.5 Å². The van der Waals surface area contributed by atoms with Gasteiger partial charge >= 0.3 is 0 Å². The highest BCUT2D eigenvalue weighted by molar-refractivity contribution is 5.67. The highest BCUT2D eigenvalue weighted by atomic mass is 16.5. The van der Waals surface area contributed by atoms with Gasteiger partial charge in [-0.25, -0.2) is 4.98 Å². The topological polar surface area (TPSA) is 78.7 Å². The molecule has 8 nitrogen and oxygen atoms in total. The third-order valence-electron chi connectivity index (χ3n) is 5.51. The fourth-order valence-electron chi connectivity index (χ4n) is 3.77. The van der Waals surface area contributed by atoms with Gasteiger partial charge in [0.2, 0.25) is 5.95 Å². The predicted octanol–water partition coefficient (Wildman–Crippen LogP) is 2.70. The van der Waals surface area contributed by atoms with Gasteiger partial charge in [-0.15, -0.1) is 0 Å². The lowest BCUT2D eigenvalue weighted by atomic mass is 10.1. The van der Waals surface area contributed by atoms with Crippen molar-refractivity contribution in [3.8, 4) is 22.8 Å². The molecule has 0 radical (unpaired) electrons. The third-order valence-corrected chi connectivity index (χ3v) is 5.51. The molecule has 8 heteroatoms. The Balaban J connectivity index is 1.51. The summed E-state index contributed by atoms with van der Waals surface area (Å²) in [4.78, 5) is 23.7. The van der Waals surface area contributed by atoms with E-state index in [-0.39, 0.29) is 5.56 Å². The first kappa shape index (κ1) is 21.8. The highest BCUT2D eigenvalue weighted by Gasteiger charge is 2.18. The summed E-state index contributed by atoms with van der Waals surface area (Å²) in [5.41, 5.74) is 2.37. The van der Waals surface area contributed by atoms with E-state index < -0.39 is 0 Å². The van der Waals surface area contributed by atoms with Gasteiger partial charge in [0.25, 0.3) is 5.56 Å². The minimum Gasteiger partial charge on any atom is -0.496 e. The summed E-state index contributed by atoms with van der Waals surface area (Å²) in [7, 11) is 3.42. The predicted molar refractivity (Wildman–Crippen MR) is 123 cm³/mol. The van der Waals surface area contributed by atoms with Gasteiger partial charge in [0.15, 0.2) is 0 Å². The lowest BCUT2D eigenvalue weighted by Gasteiger charge is -2.29. The van der Waals surface area contributed by atoms with Crippen LogP contribution in [-0.4, -0.2) is 54.6 Å². The lowest BCUT2D eigenvalue weighted by molar-refractivity contribution is 0.121. The third kappa shape index (κ3) is 4.91. The number of aromatic nitrogens is 3. The quantitative estimate of drug-likeness (QED) is 0.503. The Morgan fingerprint density at radius 1 is 1.12 bits per heavy atom. The molecule has 0 bridgehead atoms. The molecular formula is C24H28N4O4. The van der Waals surface area contributed by atoms with Crippen LogP contribution in [-0.2, 0) is 18.2 Å². The van der Waals surface area contributed by atoms with Crippen LogP contribution in [0.25, 0.3) is 11.3 Å². The molecule has 3 aromatic rings. The van der Waals surface area contributed by atoms with Crippen LogP contribution in [0.1, 0.15) is 12.0 Å². The van der Waals surface area contributed by atoms with Crippen LogP contribution in [0.2, 0.25) is 0 Å². The van der Waals surface area contributed by atoms with E-state index in [2.05, 4.69) is 16.0 Å². The monoisotopic (exact) mass is 436 g/mol. The average molecular weight is 437 g/mol. The molecule has 32 heavy (non-hydrogen) atoms. The minimum absolute atomic E-state index is 0.115. The van der Waals surface area contributed by atoms with Gasteiger partial charge in [0.05, 0.1) is 38.8 Å². The molecule has 0 atom stereocenters. The van der Waals surface area contributed by atoms with Crippen molar-refractivity contribution in [1.29, 1.82) is 0 Å². The van der Waals surface area contributed by atoms with Crippen molar-refractivity contribution < 1.29 is 14.2 Å². The molecule has 1 aliphatic heterocycles. The summed E-state index contributed by atoms with van der Waals surface area (Å²) in [6.07, 6.45) is 5.01. The molecule has 1 aromatic carbocycles. The molecule has 0 aliphatic carbocycles. The van der Waals surface area contributed by atoms with E-state index in [1.807, 2.05) is 24.3 Å². The number of anilines is 1. The molecule has 1 saturated heterocycles. The molecule has 0 spiro atoms. The van der Waals surface area contributed by atoms with E-state index in [1.165, 1.54) is 0 Å². The molecule has 0 saturated carbocycles. The fraction of sp³-hybridized carbons (Fsp3) is 0.375. The van der Waals surface area contributed by atoms with Gasteiger partial charge in [-0.2, -0.15) is 0 Å². The number of hydrogen-bond donors (Lipinski definition) is 0. The molecule has 0 unspecified atom stereocenters. The van der Waals surface area contributed by atoms with Crippen molar-refractivity contribution in [2.75, 3.05) is 44.9 Å². The van der Waals surface area contributed by atoms with Crippen molar-refractivity contribution >= 4 is 5.95 Å². The zero-order valence-electron chi connectivity index (χ0n) is 18.5. The van der Waals surface area contributed by atoms with Gasteiger partial charge in [-0.05, 0) is 30.5 Å². The van der Waals surface area contributed by atoms with E-state index in [0.29, 0.717) is 50.3 Å². The van der Waals surface area contributed by atoms with Crippen molar-refractivity contribution in [2.24, 2.45) is 7.05 Å². The second kappa shape index (κ2) is 10.3. The zero-order chi connectivity index (χ0) is 22.3. The van der Waals surface area contributed by atoms with E-state index >= 15 is 0 Å². The van der Waals surface area contributed by atoms with Crippen molar-refractivity contribution in [2.45, 2.75) is 12.8 Å². The molecule has 0 N–H and O–H groups in total. The number of morpholine rings is 1. The lowest BCUT2D eigenvalue weighted by Crippen LogP contribution is -2.40. The SMILES string of the molecule is COc1ccccc1CCCOc1cnccc1-c1cc(=O)n(C)c(N2CCOCC2)n1. The number of rotatable bonds is 8. The maximum absolute atomic E-state index is 12.7. The number of para-hydroxylation sites is 1. The van der Waals surface area contributed by atoms with Gasteiger partial charge in [-0.1, -0.05) is 18.2 Å². The number of ether oxygens (including phenoxy) is 3. The number of methoxy groups -OCH3 is 1. The summed E-state index contributed by atoms with van der Waals surface area (Å²) in [5, 5.41) is 0. The van der Waals surface area contributed by atoms with Gasteiger partial charge in [0, 0.05) is 38.0 Å². The Morgan fingerprint density at radius 3 is 2.75 bits per heavy atom. The number of aryl methyl sites for hydroxylation is 1. The molecule has 3 heterocycles. The van der Waals surface area contributed by atoms with E-state index in [4.69, 9.17) is 19.2 Å². The Kier molecular flexibility index (Phi) is 7.01. The molecule has 2 aromatic heterocycles. The Hall–Kier alpha value is -3.39. The molecule has 4 rings (SSSR count). The van der Waals surface area contributed by atoms with Gasteiger partial charge < -0.3 is 19.1 Å². The Bertz CT molecular complexity index is 1110. The van der Waals surface area contributed by atoms with Crippen LogP contribution in [0.5, 0.6) is 11.5 Å². The van der Waals surface area contributed by atoms with Crippen LogP contribution in [0.4, 0.5) is 5.95 Å². The van der Waals surface area contributed by atoms with E-state index in [1.54, 1.807) is 37.2 Å². The van der Waals surface area contributed by atoms with Crippen LogP contribution in [0.15, 0.2) is 53.6 Å². The number of benzene rings is 1. The second-order valence-electron chi connectivity index (χ2n) is 7.57. The normalized spacial score (nSPS) is 13.8. The smallest absolute Gasteiger partial charge is 0.255 e. The van der Waals surface area contributed by atoms with Crippen LogP contribution >= 0.6 is 0 Å². The molecule has 1 aliphatic rings. The van der Waals surface area contributed by atoms with Crippen molar-refractivity contribution in [3.63, 3.8) is 0 Å². The molecular weight excluding hydrogens is 408 g/mol. The Morgan fingerprint density at radius 2 is 1.94 bits per heavy atom. The van der Waals surface area contributed by atoms with E-state index in [9.17, 15) is 4.79 Å². The molecule has 0 amide bonds. The number of hydrogen-bond acceptors (Lipinski definition) is 7.